The van der Waals surface area contributed by atoms with E-state index in [0.29, 0.717) is 25.2 Å². The van der Waals surface area contributed by atoms with Gasteiger partial charge in [0.1, 0.15) is 5.60 Å². The molecule has 9 nitrogen and oxygen atoms in total. The van der Waals surface area contributed by atoms with Crippen LogP contribution in [0.2, 0.25) is 0 Å². The molecule has 9 heteroatoms. The molecule has 2 heterocycles. The molecule has 0 bridgehead atoms. The molecule has 1 fully saturated rings. The summed E-state index contributed by atoms with van der Waals surface area (Å²) in [6.07, 6.45) is 3.74. The van der Waals surface area contributed by atoms with Crippen molar-refractivity contribution < 1.29 is 23.9 Å². The summed E-state index contributed by atoms with van der Waals surface area (Å²) in [5.74, 6) is 0.277. The van der Waals surface area contributed by atoms with Gasteiger partial charge in [-0.15, -0.1) is 0 Å². The van der Waals surface area contributed by atoms with Gasteiger partial charge in [0.25, 0.3) is 0 Å². The molecule has 3 aromatic rings. The Morgan fingerprint density at radius 1 is 1.02 bits per heavy atom. The topological polar surface area (TPSA) is 102 Å². The monoisotopic (exact) mass is 618 g/mol. The van der Waals surface area contributed by atoms with Crippen molar-refractivity contribution >= 4 is 34.7 Å². The first-order valence-corrected chi connectivity index (χ1v) is 16.4. The number of likely N-dealkylation sites (tertiary alicyclic amines) is 1. The van der Waals surface area contributed by atoms with Crippen molar-refractivity contribution in [3.05, 3.63) is 65.4 Å². The van der Waals surface area contributed by atoms with E-state index in [1.54, 1.807) is 19.1 Å². The second-order valence-corrected chi connectivity index (χ2v) is 13.0. The lowest BCUT2D eigenvalue weighted by Crippen LogP contribution is -2.46. The summed E-state index contributed by atoms with van der Waals surface area (Å²) >= 11 is 0. The third-order valence-electron chi connectivity index (χ3n) is 8.27. The van der Waals surface area contributed by atoms with Crippen LogP contribution in [0.4, 0.5) is 15.3 Å². The van der Waals surface area contributed by atoms with Crippen LogP contribution in [0.3, 0.4) is 0 Å². The first-order chi connectivity index (χ1) is 21.5. The van der Waals surface area contributed by atoms with Gasteiger partial charge in [-0.1, -0.05) is 43.7 Å². The highest BCUT2D eigenvalue weighted by atomic mass is 16.6. The van der Waals surface area contributed by atoms with E-state index in [0.717, 1.165) is 37.8 Å². The third-order valence-corrected chi connectivity index (χ3v) is 8.27. The SMILES string of the molecule is CCCCn1c(C2CCCN(C(=O)CC(Cc3ccc(NC(=O)OCC)cc3)NC(=O)OC(C)(C)C)C2)c(C)c2ccccc21. The van der Waals surface area contributed by atoms with Gasteiger partial charge in [-0.05, 0) is 89.6 Å². The molecule has 3 amide bonds. The molecule has 2 N–H and O–H groups in total. The fourth-order valence-corrected chi connectivity index (χ4v) is 6.29. The van der Waals surface area contributed by atoms with Crippen LogP contribution < -0.4 is 10.6 Å². The lowest BCUT2D eigenvalue weighted by Gasteiger charge is -2.35. The Hall–Kier alpha value is -4.01. The van der Waals surface area contributed by atoms with Gasteiger partial charge in [0.2, 0.25) is 5.91 Å². The molecule has 4 rings (SSSR count). The zero-order chi connectivity index (χ0) is 32.6. The third kappa shape index (κ3) is 9.25. The van der Waals surface area contributed by atoms with Crippen molar-refractivity contribution in [2.24, 2.45) is 0 Å². The molecule has 0 radical (unpaired) electrons. The summed E-state index contributed by atoms with van der Waals surface area (Å²) in [6, 6.07) is 15.5. The lowest BCUT2D eigenvalue weighted by molar-refractivity contribution is -0.132. The summed E-state index contributed by atoms with van der Waals surface area (Å²) in [6.45, 7) is 14.3. The van der Waals surface area contributed by atoms with Gasteiger partial charge >= 0.3 is 12.2 Å². The number of para-hydroxylation sites is 1. The van der Waals surface area contributed by atoms with Gasteiger partial charge in [-0.2, -0.15) is 0 Å². The molecule has 1 aromatic heterocycles. The van der Waals surface area contributed by atoms with Crippen molar-refractivity contribution in [1.29, 1.82) is 0 Å². The number of rotatable bonds is 11. The van der Waals surface area contributed by atoms with E-state index < -0.39 is 23.8 Å². The van der Waals surface area contributed by atoms with E-state index in [2.05, 4.69) is 53.3 Å². The van der Waals surface area contributed by atoms with Crippen molar-refractivity contribution in [1.82, 2.24) is 14.8 Å². The number of alkyl carbamates (subject to hydrolysis) is 1. The predicted octanol–water partition coefficient (Wildman–Crippen LogP) is 7.55. The van der Waals surface area contributed by atoms with Crippen molar-refractivity contribution in [3.8, 4) is 0 Å². The highest BCUT2D eigenvalue weighted by Crippen LogP contribution is 2.36. The average molecular weight is 619 g/mol. The van der Waals surface area contributed by atoms with Gasteiger partial charge in [0, 0.05) is 60.3 Å². The fraction of sp³-hybridized carbons (Fsp3) is 0.528. The van der Waals surface area contributed by atoms with Crippen LogP contribution in [0, 0.1) is 6.92 Å². The normalized spacial score (nSPS) is 15.9. The summed E-state index contributed by atoms with van der Waals surface area (Å²) in [4.78, 5) is 40.4. The predicted molar refractivity (Wildman–Crippen MR) is 179 cm³/mol. The number of carbonyl (C=O) groups is 3. The van der Waals surface area contributed by atoms with E-state index in [1.165, 1.54) is 22.2 Å². The highest BCUT2D eigenvalue weighted by Gasteiger charge is 2.31. The minimum absolute atomic E-state index is 0.0234. The molecule has 2 unspecified atom stereocenters. The number of benzene rings is 2. The first kappa shape index (κ1) is 33.9. The number of amides is 3. The Kier molecular flexibility index (Phi) is 11.5. The van der Waals surface area contributed by atoms with Crippen molar-refractivity contribution in [2.45, 2.75) is 104 Å². The second kappa shape index (κ2) is 15.3. The van der Waals surface area contributed by atoms with Crippen LogP contribution in [0.25, 0.3) is 10.9 Å². The molecular formula is C36H50N4O5. The summed E-state index contributed by atoms with van der Waals surface area (Å²) in [5, 5.41) is 6.93. The maximum absolute atomic E-state index is 13.9. The number of nitrogens with zero attached hydrogens (tertiary/aromatic N) is 2. The van der Waals surface area contributed by atoms with Crippen LogP contribution in [0.5, 0.6) is 0 Å². The van der Waals surface area contributed by atoms with Crippen LogP contribution in [-0.4, -0.2) is 58.9 Å². The van der Waals surface area contributed by atoms with Gasteiger partial charge in [0.15, 0.2) is 0 Å². The Labute approximate surface area is 267 Å². The highest BCUT2D eigenvalue weighted by molar-refractivity contribution is 5.86. The second-order valence-electron chi connectivity index (χ2n) is 13.0. The molecule has 45 heavy (non-hydrogen) atoms. The van der Waals surface area contributed by atoms with Crippen LogP contribution >= 0.6 is 0 Å². The molecule has 2 atom stereocenters. The number of unbranched alkanes of at least 4 members (excludes halogenated alkanes) is 1. The maximum Gasteiger partial charge on any atom is 0.411 e. The van der Waals surface area contributed by atoms with E-state index in [1.807, 2.05) is 37.8 Å². The van der Waals surface area contributed by atoms with E-state index in [-0.39, 0.29) is 24.9 Å². The quantitative estimate of drug-likeness (QED) is 0.231. The number of aryl methyl sites for hydroxylation is 2. The Morgan fingerprint density at radius 3 is 2.44 bits per heavy atom. The standard InChI is InChI=1S/C36H50N4O5/c1-7-9-21-40-31-15-11-10-14-30(31)25(3)33(40)27-13-12-20-39(24-27)32(41)23-29(38-35(43)45-36(4,5)6)22-26-16-18-28(19-17-26)37-34(42)44-8-2/h10-11,14-19,27,29H,7-9,12-13,20-24H2,1-6H3,(H,37,42)(H,38,43). The van der Waals surface area contributed by atoms with Crippen LogP contribution in [0.1, 0.15) is 89.5 Å². The van der Waals surface area contributed by atoms with E-state index in [9.17, 15) is 14.4 Å². The number of hydrogen-bond donors (Lipinski definition) is 2. The maximum atomic E-state index is 13.9. The smallest absolute Gasteiger partial charge is 0.411 e. The molecular weight excluding hydrogens is 568 g/mol. The molecule has 1 aliphatic rings. The van der Waals surface area contributed by atoms with Gasteiger partial charge in [-0.25, -0.2) is 9.59 Å². The number of fused-ring (bicyclic) bond motifs is 1. The Morgan fingerprint density at radius 2 is 1.76 bits per heavy atom. The number of nitrogens with one attached hydrogen (secondary N) is 2. The van der Waals surface area contributed by atoms with E-state index in [4.69, 9.17) is 9.47 Å². The lowest BCUT2D eigenvalue weighted by atomic mass is 9.91. The molecule has 2 aromatic carbocycles. The zero-order valence-corrected chi connectivity index (χ0v) is 27.8. The Bertz CT molecular complexity index is 1460. The minimum Gasteiger partial charge on any atom is -0.450 e. The first-order valence-electron chi connectivity index (χ1n) is 16.4. The van der Waals surface area contributed by atoms with E-state index >= 15 is 0 Å². The van der Waals surface area contributed by atoms with Crippen LogP contribution in [0.15, 0.2) is 48.5 Å². The number of ether oxygens (including phenoxy) is 2. The van der Waals surface area contributed by atoms with Crippen molar-refractivity contribution in [3.63, 3.8) is 0 Å². The van der Waals surface area contributed by atoms with Crippen LogP contribution in [-0.2, 0) is 27.2 Å². The van der Waals surface area contributed by atoms with Gasteiger partial charge in [0.05, 0.1) is 6.61 Å². The van der Waals surface area contributed by atoms with Gasteiger partial charge < -0.3 is 24.3 Å². The minimum atomic E-state index is -0.659. The molecule has 0 saturated carbocycles. The summed E-state index contributed by atoms with van der Waals surface area (Å²) in [5.41, 5.74) is 4.80. The number of carbonyl (C=O) groups excluding carboxylic acids is 3. The van der Waals surface area contributed by atoms with Crippen molar-refractivity contribution in [2.75, 3.05) is 25.0 Å². The molecule has 1 saturated heterocycles. The zero-order valence-electron chi connectivity index (χ0n) is 27.8. The van der Waals surface area contributed by atoms with Gasteiger partial charge in [-0.3, -0.25) is 10.1 Å². The number of anilines is 1. The molecule has 244 valence electrons. The summed E-state index contributed by atoms with van der Waals surface area (Å²) < 4.78 is 13.0. The molecule has 0 aliphatic carbocycles. The molecule has 1 aliphatic heterocycles. The number of aromatic nitrogens is 1. The average Bonchev–Trinajstić information content (AvgIpc) is 3.27. The largest absolute Gasteiger partial charge is 0.450 e. The summed E-state index contributed by atoms with van der Waals surface area (Å²) in [7, 11) is 0. The fourth-order valence-electron chi connectivity index (χ4n) is 6.29. The number of piperidine rings is 1. The number of hydrogen-bond acceptors (Lipinski definition) is 5. The Balaban J connectivity index is 1.50. The molecule has 0 spiro atoms.